The van der Waals surface area contributed by atoms with Crippen molar-refractivity contribution in [3.8, 4) is 0 Å². The predicted octanol–water partition coefficient (Wildman–Crippen LogP) is 5.47. The number of rotatable bonds is 10. The number of aryl methyl sites for hydroxylation is 1. The van der Waals surface area contributed by atoms with Crippen molar-refractivity contribution in [2.45, 2.75) is 45.2 Å². The second-order valence-corrected chi connectivity index (χ2v) is 12.1. The van der Waals surface area contributed by atoms with E-state index >= 15 is 0 Å². The number of halogens is 2. The number of hydrogen-bond acceptors (Lipinski definition) is 4. The molecule has 2 amide bonds. The van der Waals surface area contributed by atoms with Crippen LogP contribution in [0.4, 0.5) is 5.69 Å². The zero-order valence-electron chi connectivity index (χ0n) is 21.7. The quantitative estimate of drug-likeness (QED) is 0.326. The Morgan fingerprint density at radius 1 is 1.00 bits per heavy atom. The molecular weight excluding hydrogens is 590 g/mol. The molecule has 0 radical (unpaired) electrons. The van der Waals surface area contributed by atoms with E-state index in [4.69, 9.17) is 11.6 Å². The van der Waals surface area contributed by atoms with Crippen molar-refractivity contribution in [3.05, 3.63) is 92.9 Å². The molecule has 0 saturated carbocycles. The molecule has 1 N–H and O–H groups in total. The van der Waals surface area contributed by atoms with Crippen LogP contribution >= 0.6 is 27.5 Å². The fourth-order valence-corrected chi connectivity index (χ4v) is 5.81. The summed E-state index contributed by atoms with van der Waals surface area (Å²) in [5, 5.41) is 3.13. The molecule has 0 fully saturated rings. The number of benzene rings is 3. The van der Waals surface area contributed by atoms with E-state index in [1.807, 2.05) is 31.2 Å². The van der Waals surface area contributed by atoms with Crippen molar-refractivity contribution < 1.29 is 18.0 Å². The average molecular weight is 621 g/mol. The standard InChI is InChI=1S/C28H31BrClN3O4S/c1-5-31-28(35)21(4)32(17-22-11-13-23(29)14-12-22)27(34)18-33(26-8-6-7-25(30)20(26)3)38(36,37)24-15-9-19(2)10-16-24/h6-16,21H,5,17-18H2,1-4H3,(H,31,35)/t21-/m0/s1. The maximum Gasteiger partial charge on any atom is 0.264 e. The maximum absolute atomic E-state index is 13.9. The van der Waals surface area contributed by atoms with E-state index in [9.17, 15) is 18.0 Å². The highest BCUT2D eigenvalue weighted by Crippen LogP contribution is 2.31. The normalized spacial score (nSPS) is 12.1. The number of anilines is 1. The second kappa shape index (κ2) is 12.8. The molecule has 38 heavy (non-hydrogen) atoms. The topological polar surface area (TPSA) is 86.8 Å². The minimum absolute atomic E-state index is 0.0477. The molecule has 0 aliphatic rings. The number of nitrogens with one attached hydrogen (secondary N) is 1. The minimum atomic E-state index is -4.15. The van der Waals surface area contributed by atoms with Crippen LogP contribution in [-0.2, 0) is 26.2 Å². The highest BCUT2D eigenvalue weighted by molar-refractivity contribution is 9.10. The van der Waals surface area contributed by atoms with Crippen molar-refractivity contribution in [2.24, 2.45) is 0 Å². The van der Waals surface area contributed by atoms with Crippen LogP contribution in [0, 0.1) is 13.8 Å². The third kappa shape index (κ3) is 6.95. The van der Waals surface area contributed by atoms with E-state index in [1.165, 1.54) is 17.0 Å². The molecule has 0 aliphatic heterocycles. The van der Waals surface area contributed by atoms with Gasteiger partial charge in [-0.2, -0.15) is 0 Å². The molecule has 0 aromatic heterocycles. The Balaban J connectivity index is 2.07. The highest BCUT2D eigenvalue weighted by atomic mass is 79.9. The molecule has 0 heterocycles. The second-order valence-electron chi connectivity index (χ2n) is 8.93. The fourth-order valence-electron chi connectivity index (χ4n) is 3.91. The van der Waals surface area contributed by atoms with Gasteiger partial charge in [-0.15, -0.1) is 0 Å². The molecule has 1 atom stereocenters. The molecule has 0 bridgehead atoms. The van der Waals surface area contributed by atoms with Gasteiger partial charge in [-0.05, 0) is 75.2 Å². The third-order valence-corrected chi connectivity index (χ3v) is 8.89. The average Bonchev–Trinajstić information content (AvgIpc) is 2.88. The molecule has 7 nitrogen and oxygen atoms in total. The van der Waals surface area contributed by atoms with Crippen LogP contribution in [0.25, 0.3) is 0 Å². The monoisotopic (exact) mass is 619 g/mol. The molecule has 3 aromatic rings. The lowest BCUT2D eigenvalue weighted by Crippen LogP contribution is -2.51. The van der Waals surface area contributed by atoms with E-state index in [0.29, 0.717) is 22.8 Å². The summed E-state index contributed by atoms with van der Waals surface area (Å²) in [7, 11) is -4.15. The summed E-state index contributed by atoms with van der Waals surface area (Å²) in [4.78, 5) is 28.1. The van der Waals surface area contributed by atoms with E-state index in [2.05, 4.69) is 21.2 Å². The Kier molecular flexibility index (Phi) is 9.98. The SMILES string of the molecule is CCNC(=O)[C@H](C)N(Cc1ccc(Br)cc1)C(=O)CN(c1cccc(Cl)c1C)S(=O)(=O)c1ccc(C)cc1. The van der Waals surface area contributed by atoms with Crippen molar-refractivity contribution in [1.82, 2.24) is 10.2 Å². The molecule has 3 aromatic carbocycles. The first-order valence-corrected chi connectivity index (χ1v) is 14.7. The summed E-state index contributed by atoms with van der Waals surface area (Å²) in [6.45, 7) is 7.00. The van der Waals surface area contributed by atoms with Gasteiger partial charge in [0, 0.05) is 22.6 Å². The lowest BCUT2D eigenvalue weighted by Gasteiger charge is -2.32. The third-order valence-electron chi connectivity index (χ3n) is 6.18. The Morgan fingerprint density at radius 3 is 2.24 bits per heavy atom. The predicted molar refractivity (Wildman–Crippen MR) is 155 cm³/mol. The number of hydrogen-bond donors (Lipinski definition) is 1. The largest absolute Gasteiger partial charge is 0.355 e. The number of carbonyl (C=O) groups is 2. The van der Waals surface area contributed by atoms with Crippen LogP contribution in [0.2, 0.25) is 5.02 Å². The molecule has 10 heteroatoms. The van der Waals surface area contributed by atoms with Gasteiger partial charge in [0.15, 0.2) is 0 Å². The van der Waals surface area contributed by atoms with Gasteiger partial charge in [-0.25, -0.2) is 8.42 Å². The summed E-state index contributed by atoms with van der Waals surface area (Å²) in [5.41, 5.74) is 2.51. The van der Waals surface area contributed by atoms with Gasteiger partial charge in [-0.1, -0.05) is 63.4 Å². The van der Waals surface area contributed by atoms with Gasteiger partial charge in [0.05, 0.1) is 10.6 Å². The summed E-state index contributed by atoms with van der Waals surface area (Å²) in [5.74, 6) is -0.855. The van der Waals surface area contributed by atoms with Crippen LogP contribution in [0.5, 0.6) is 0 Å². The number of carbonyl (C=O) groups excluding carboxylic acids is 2. The molecule has 3 rings (SSSR count). The van der Waals surface area contributed by atoms with Crippen molar-refractivity contribution in [2.75, 3.05) is 17.4 Å². The van der Waals surface area contributed by atoms with E-state index in [-0.39, 0.29) is 17.3 Å². The van der Waals surface area contributed by atoms with Gasteiger partial charge < -0.3 is 10.2 Å². The summed E-state index contributed by atoms with van der Waals surface area (Å²) < 4.78 is 29.7. The Bertz CT molecular complexity index is 1400. The van der Waals surface area contributed by atoms with E-state index < -0.39 is 28.5 Å². The minimum Gasteiger partial charge on any atom is -0.355 e. The Labute approximate surface area is 238 Å². The number of sulfonamides is 1. The zero-order valence-corrected chi connectivity index (χ0v) is 24.9. The molecule has 0 saturated heterocycles. The van der Waals surface area contributed by atoms with E-state index in [0.717, 1.165) is 19.9 Å². The summed E-state index contributed by atoms with van der Waals surface area (Å²) in [6.07, 6.45) is 0. The summed E-state index contributed by atoms with van der Waals surface area (Å²) >= 11 is 9.75. The smallest absolute Gasteiger partial charge is 0.264 e. The molecule has 0 unspecified atom stereocenters. The van der Waals surface area contributed by atoms with Crippen LogP contribution in [0.3, 0.4) is 0 Å². The number of amides is 2. The summed E-state index contributed by atoms with van der Waals surface area (Å²) in [6, 6.07) is 17.9. The van der Waals surface area contributed by atoms with Crippen molar-refractivity contribution in [1.29, 1.82) is 0 Å². The van der Waals surface area contributed by atoms with Gasteiger partial charge in [0.25, 0.3) is 10.0 Å². The fraction of sp³-hybridized carbons (Fsp3) is 0.286. The van der Waals surface area contributed by atoms with Crippen molar-refractivity contribution >= 4 is 55.1 Å². The molecular formula is C28H31BrClN3O4S. The number of likely N-dealkylation sites (N-methyl/N-ethyl adjacent to an activating group) is 1. The van der Waals surface area contributed by atoms with Gasteiger partial charge in [0.1, 0.15) is 12.6 Å². The molecule has 202 valence electrons. The first-order chi connectivity index (χ1) is 17.9. The number of nitrogens with zero attached hydrogens (tertiary/aromatic N) is 2. The van der Waals surface area contributed by atoms with Crippen LogP contribution in [-0.4, -0.2) is 44.3 Å². The van der Waals surface area contributed by atoms with Crippen molar-refractivity contribution in [3.63, 3.8) is 0 Å². The Morgan fingerprint density at radius 2 is 1.63 bits per heavy atom. The van der Waals surface area contributed by atoms with Crippen LogP contribution in [0.1, 0.15) is 30.5 Å². The van der Waals surface area contributed by atoms with Gasteiger partial charge in [0.2, 0.25) is 11.8 Å². The zero-order chi connectivity index (χ0) is 28.0. The molecule has 0 aliphatic carbocycles. The van der Waals surface area contributed by atoms with Gasteiger partial charge in [-0.3, -0.25) is 13.9 Å². The first kappa shape index (κ1) is 29.7. The molecule has 0 spiro atoms. The van der Waals surface area contributed by atoms with Crippen LogP contribution in [0.15, 0.2) is 76.1 Å². The van der Waals surface area contributed by atoms with E-state index in [1.54, 1.807) is 51.1 Å². The highest BCUT2D eigenvalue weighted by Gasteiger charge is 2.33. The maximum atomic E-state index is 13.9. The first-order valence-electron chi connectivity index (χ1n) is 12.1. The lowest BCUT2D eigenvalue weighted by molar-refractivity contribution is -0.139. The van der Waals surface area contributed by atoms with Crippen LogP contribution < -0.4 is 9.62 Å². The van der Waals surface area contributed by atoms with Gasteiger partial charge >= 0.3 is 0 Å². The Hall–Kier alpha value is -2.88. The lowest BCUT2D eigenvalue weighted by atomic mass is 10.1.